The van der Waals surface area contributed by atoms with Crippen LogP contribution in [0.5, 0.6) is 0 Å². The number of alkyl halides is 2. The third-order valence-electron chi connectivity index (χ3n) is 2.38. The Morgan fingerprint density at radius 3 is 2.88 bits per heavy atom. The van der Waals surface area contributed by atoms with Crippen molar-refractivity contribution in [3.8, 4) is 0 Å². The first-order chi connectivity index (χ1) is 8.18. The molecule has 0 bridgehead atoms. The van der Waals surface area contributed by atoms with E-state index in [1.165, 1.54) is 0 Å². The molecule has 0 fully saturated rings. The molecule has 2 aromatic rings. The highest BCUT2D eigenvalue weighted by molar-refractivity contribution is 7.71. The monoisotopic (exact) mass is 258 g/mol. The zero-order valence-electron chi connectivity index (χ0n) is 9.03. The Labute approximate surface area is 102 Å². The first kappa shape index (κ1) is 12.2. The van der Waals surface area contributed by atoms with Gasteiger partial charge in [-0.1, -0.05) is 12.1 Å². The molecule has 1 aromatic heterocycles. The quantitative estimate of drug-likeness (QED) is 0.660. The van der Waals surface area contributed by atoms with E-state index in [-0.39, 0.29) is 6.61 Å². The summed E-state index contributed by atoms with van der Waals surface area (Å²) in [5, 5.41) is 0. The van der Waals surface area contributed by atoms with Gasteiger partial charge in [0.1, 0.15) is 6.61 Å². The van der Waals surface area contributed by atoms with Gasteiger partial charge in [-0.05, 0) is 24.4 Å². The van der Waals surface area contributed by atoms with Gasteiger partial charge < -0.3 is 14.3 Å². The molecule has 1 N–H and O–H groups in total. The van der Waals surface area contributed by atoms with E-state index < -0.39 is 13.0 Å². The SMILES string of the molecule is FC(F)COCCn1c(=S)[nH]c2ccccc21. The summed E-state index contributed by atoms with van der Waals surface area (Å²) in [7, 11) is 0. The van der Waals surface area contributed by atoms with Crippen molar-refractivity contribution in [3.05, 3.63) is 29.0 Å². The van der Waals surface area contributed by atoms with Gasteiger partial charge in [0.2, 0.25) is 0 Å². The molecule has 0 atom stereocenters. The van der Waals surface area contributed by atoms with Crippen molar-refractivity contribution < 1.29 is 13.5 Å². The second-order valence-corrected chi connectivity index (χ2v) is 3.95. The Hall–Kier alpha value is -1.27. The summed E-state index contributed by atoms with van der Waals surface area (Å²) in [5.74, 6) is 0. The molecule has 92 valence electrons. The molecule has 0 aliphatic rings. The molecule has 0 saturated heterocycles. The third-order valence-corrected chi connectivity index (χ3v) is 2.71. The molecule has 0 unspecified atom stereocenters. The first-order valence-corrected chi connectivity index (χ1v) is 5.63. The average Bonchev–Trinajstić information content (AvgIpc) is 2.60. The van der Waals surface area contributed by atoms with E-state index >= 15 is 0 Å². The van der Waals surface area contributed by atoms with E-state index in [4.69, 9.17) is 17.0 Å². The summed E-state index contributed by atoms with van der Waals surface area (Å²) >= 11 is 5.16. The number of ether oxygens (including phenoxy) is 1. The fourth-order valence-electron chi connectivity index (χ4n) is 1.66. The van der Waals surface area contributed by atoms with Crippen LogP contribution in [0.25, 0.3) is 11.0 Å². The van der Waals surface area contributed by atoms with Crippen LogP contribution in [0.4, 0.5) is 8.78 Å². The summed E-state index contributed by atoms with van der Waals surface area (Å²) < 4.78 is 31.0. The summed E-state index contributed by atoms with van der Waals surface area (Å²) in [4.78, 5) is 3.05. The highest BCUT2D eigenvalue weighted by atomic mass is 32.1. The molecule has 0 spiro atoms. The standard InChI is InChI=1S/C11H12F2N2OS/c12-10(13)7-16-6-5-15-9-4-2-1-3-8(9)14-11(15)17/h1-4,10H,5-7H2,(H,14,17). The van der Waals surface area contributed by atoms with E-state index in [1.807, 2.05) is 28.8 Å². The van der Waals surface area contributed by atoms with Crippen molar-refractivity contribution in [2.45, 2.75) is 13.0 Å². The van der Waals surface area contributed by atoms with Gasteiger partial charge in [-0.3, -0.25) is 0 Å². The largest absolute Gasteiger partial charge is 0.374 e. The second-order valence-electron chi connectivity index (χ2n) is 3.56. The molecular formula is C11H12F2N2OS. The minimum atomic E-state index is -2.43. The lowest BCUT2D eigenvalue weighted by atomic mass is 10.3. The zero-order valence-corrected chi connectivity index (χ0v) is 9.84. The molecule has 0 saturated carbocycles. The van der Waals surface area contributed by atoms with Crippen molar-refractivity contribution in [2.75, 3.05) is 13.2 Å². The third kappa shape index (κ3) is 2.89. The van der Waals surface area contributed by atoms with Crippen LogP contribution < -0.4 is 0 Å². The fraction of sp³-hybridized carbons (Fsp3) is 0.364. The molecule has 17 heavy (non-hydrogen) atoms. The van der Waals surface area contributed by atoms with E-state index in [2.05, 4.69) is 4.98 Å². The van der Waals surface area contributed by atoms with E-state index in [0.717, 1.165) is 11.0 Å². The van der Waals surface area contributed by atoms with Gasteiger partial charge in [-0.25, -0.2) is 8.78 Å². The van der Waals surface area contributed by atoms with Crippen molar-refractivity contribution in [1.29, 1.82) is 0 Å². The maximum absolute atomic E-state index is 11.9. The van der Waals surface area contributed by atoms with Crippen molar-refractivity contribution in [3.63, 3.8) is 0 Å². The number of aromatic amines is 1. The zero-order chi connectivity index (χ0) is 12.3. The maximum atomic E-state index is 11.9. The van der Waals surface area contributed by atoms with E-state index in [1.54, 1.807) is 0 Å². The van der Waals surface area contributed by atoms with Gasteiger partial charge in [-0.15, -0.1) is 0 Å². The van der Waals surface area contributed by atoms with Crippen LogP contribution in [0.15, 0.2) is 24.3 Å². The average molecular weight is 258 g/mol. The summed E-state index contributed by atoms with van der Waals surface area (Å²) in [6.45, 7) is 0.158. The van der Waals surface area contributed by atoms with Gasteiger partial charge in [-0.2, -0.15) is 0 Å². The number of halogens is 2. The van der Waals surface area contributed by atoms with Crippen LogP contribution in [-0.2, 0) is 11.3 Å². The Morgan fingerprint density at radius 1 is 1.35 bits per heavy atom. The molecule has 0 amide bonds. The number of H-pyrrole nitrogens is 1. The molecule has 0 radical (unpaired) electrons. The number of benzene rings is 1. The van der Waals surface area contributed by atoms with Crippen LogP contribution in [0.3, 0.4) is 0 Å². The number of nitrogens with one attached hydrogen (secondary N) is 1. The Bertz CT molecular complexity index is 550. The number of fused-ring (bicyclic) bond motifs is 1. The predicted molar refractivity (Wildman–Crippen MR) is 63.9 cm³/mol. The normalized spacial score (nSPS) is 11.5. The van der Waals surface area contributed by atoms with Gasteiger partial charge in [0.25, 0.3) is 6.43 Å². The molecule has 2 rings (SSSR count). The number of aromatic nitrogens is 2. The molecule has 1 aromatic carbocycles. The number of hydrogen-bond acceptors (Lipinski definition) is 2. The van der Waals surface area contributed by atoms with Crippen molar-refractivity contribution in [1.82, 2.24) is 9.55 Å². The molecular weight excluding hydrogens is 246 g/mol. The van der Waals surface area contributed by atoms with Gasteiger partial charge in [0.15, 0.2) is 4.77 Å². The fourth-order valence-corrected chi connectivity index (χ4v) is 1.96. The predicted octanol–water partition coefficient (Wildman–Crippen LogP) is 2.98. The first-order valence-electron chi connectivity index (χ1n) is 5.22. The smallest absolute Gasteiger partial charge is 0.261 e. The Balaban J connectivity index is 2.08. The second kappa shape index (κ2) is 5.37. The number of para-hydroxylation sites is 2. The molecule has 3 nitrogen and oxygen atoms in total. The van der Waals surface area contributed by atoms with Gasteiger partial charge >= 0.3 is 0 Å². The lowest BCUT2D eigenvalue weighted by Crippen LogP contribution is -2.10. The topological polar surface area (TPSA) is 29.9 Å². The number of imidazole rings is 1. The van der Waals surface area contributed by atoms with Gasteiger partial charge in [0, 0.05) is 6.54 Å². The molecule has 6 heteroatoms. The summed E-state index contributed by atoms with van der Waals surface area (Å²) in [6, 6.07) is 7.66. The highest BCUT2D eigenvalue weighted by Crippen LogP contribution is 2.13. The van der Waals surface area contributed by atoms with Crippen molar-refractivity contribution >= 4 is 23.3 Å². The minimum Gasteiger partial charge on any atom is -0.374 e. The maximum Gasteiger partial charge on any atom is 0.261 e. The lowest BCUT2D eigenvalue weighted by molar-refractivity contribution is 0.0149. The van der Waals surface area contributed by atoms with Crippen LogP contribution in [0, 0.1) is 4.77 Å². The summed E-state index contributed by atoms with van der Waals surface area (Å²) in [6.07, 6.45) is -2.43. The highest BCUT2D eigenvalue weighted by Gasteiger charge is 2.05. The van der Waals surface area contributed by atoms with E-state index in [9.17, 15) is 8.78 Å². The van der Waals surface area contributed by atoms with Crippen LogP contribution in [0.2, 0.25) is 0 Å². The van der Waals surface area contributed by atoms with Crippen LogP contribution in [-0.4, -0.2) is 29.2 Å². The molecule has 0 aliphatic heterocycles. The van der Waals surface area contributed by atoms with Crippen LogP contribution in [0.1, 0.15) is 0 Å². The van der Waals surface area contributed by atoms with Crippen LogP contribution >= 0.6 is 12.2 Å². The van der Waals surface area contributed by atoms with Gasteiger partial charge in [0.05, 0.1) is 17.6 Å². The number of rotatable bonds is 5. The number of hydrogen-bond donors (Lipinski definition) is 1. The van der Waals surface area contributed by atoms with Crippen molar-refractivity contribution in [2.24, 2.45) is 0 Å². The summed E-state index contributed by atoms with van der Waals surface area (Å²) in [5.41, 5.74) is 1.89. The van der Waals surface area contributed by atoms with E-state index in [0.29, 0.717) is 11.3 Å². The minimum absolute atomic E-state index is 0.223. The Morgan fingerprint density at radius 2 is 2.12 bits per heavy atom. The molecule has 1 heterocycles. The number of nitrogens with zero attached hydrogens (tertiary/aromatic N) is 1. The Kier molecular flexibility index (Phi) is 3.86. The molecule has 0 aliphatic carbocycles. The lowest BCUT2D eigenvalue weighted by Gasteiger charge is -2.05.